The number of esters is 1. The second-order valence-electron chi connectivity index (χ2n) is 18.1. The van der Waals surface area contributed by atoms with Crippen LogP contribution in [0.2, 0.25) is 0 Å². The molecule has 17 heteroatoms. The lowest BCUT2D eigenvalue weighted by Crippen LogP contribution is -2.58. The predicted molar refractivity (Wildman–Crippen MR) is 235 cm³/mol. The van der Waals surface area contributed by atoms with Crippen molar-refractivity contribution in [2.45, 2.75) is 129 Å². The molecule has 4 aromatic rings. The van der Waals surface area contributed by atoms with E-state index in [2.05, 4.69) is 16.0 Å². The lowest BCUT2D eigenvalue weighted by Gasteiger charge is -2.40. The molecule has 0 unspecified atom stereocenters. The van der Waals surface area contributed by atoms with Gasteiger partial charge in [-0.1, -0.05) is 25.1 Å². The second-order valence-corrected chi connectivity index (χ2v) is 18.1. The van der Waals surface area contributed by atoms with E-state index in [1.165, 1.54) is 4.90 Å². The van der Waals surface area contributed by atoms with Gasteiger partial charge in [-0.2, -0.15) is 0 Å². The molecule has 1 saturated heterocycles. The van der Waals surface area contributed by atoms with E-state index in [1.807, 2.05) is 19.1 Å². The molecule has 0 bridgehead atoms. The summed E-state index contributed by atoms with van der Waals surface area (Å²) in [5.41, 5.74) is 10.5. The molecular weight excluding hydrogens is 823 g/mol. The van der Waals surface area contributed by atoms with E-state index >= 15 is 0 Å². The van der Waals surface area contributed by atoms with Gasteiger partial charge in [0.1, 0.15) is 24.9 Å². The zero-order valence-corrected chi connectivity index (χ0v) is 36.8. The fourth-order valence-electron chi connectivity index (χ4n) is 9.09. The molecule has 1 fully saturated rings. The van der Waals surface area contributed by atoms with Crippen molar-refractivity contribution in [2.24, 2.45) is 5.73 Å². The molecule has 0 radical (unpaired) electrons. The lowest BCUT2D eigenvalue weighted by molar-refractivity contribution is -0.172. The molecule has 4 atom stereocenters. The lowest BCUT2D eigenvalue weighted by atomic mass is 9.81. The largest absolute Gasteiger partial charge is 0.458 e. The average Bonchev–Trinajstić information content (AvgIpc) is 3.61. The van der Waals surface area contributed by atoms with Crippen LogP contribution in [0.1, 0.15) is 111 Å². The monoisotopic (exact) mass is 877 g/mol. The first-order valence-corrected chi connectivity index (χ1v) is 22.0. The Hall–Kier alpha value is -6.33. The van der Waals surface area contributed by atoms with Crippen molar-refractivity contribution < 1.29 is 43.3 Å². The van der Waals surface area contributed by atoms with Crippen LogP contribution in [0.3, 0.4) is 0 Å². The molecule has 4 amide bonds. The van der Waals surface area contributed by atoms with Crippen molar-refractivity contribution in [3.8, 4) is 11.4 Å². The summed E-state index contributed by atoms with van der Waals surface area (Å²) in [6, 6.07) is 10.6. The molecule has 2 aromatic heterocycles. The van der Waals surface area contributed by atoms with Gasteiger partial charge in [-0.15, -0.1) is 0 Å². The molecule has 5 heterocycles. The van der Waals surface area contributed by atoms with E-state index in [0.717, 1.165) is 27.6 Å². The van der Waals surface area contributed by atoms with E-state index in [4.69, 9.17) is 24.9 Å². The molecule has 6 N–H and O–H groups in total. The minimum atomic E-state index is -1.96. The van der Waals surface area contributed by atoms with Crippen LogP contribution in [-0.2, 0) is 60.4 Å². The van der Waals surface area contributed by atoms with Crippen molar-refractivity contribution in [2.75, 3.05) is 18.4 Å². The molecule has 64 heavy (non-hydrogen) atoms. The first kappa shape index (κ1) is 44.3. The number of anilines is 1. The van der Waals surface area contributed by atoms with Crippen molar-refractivity contribution >= 4 is 46.6 Å². The molecule has 2 aromatic carbocycles. The Morgan fingerprint density at radius 2 is 1.81 bits per heavy atom. The van der Waals surface area contributed by atoms with Crippen LogP contribution in [0.15, 0.2) is 47.3 Å². The number of amides is 4. The van der Waals surface area contributed by atoms with Gasteiger partial charge in [0.2, 0.25) is 11.8 Å². The van der Waals surface area contributed by atoms with Gasteiger partial charge in [0, 0.05) is 35.3 Å². The van der Waals surface area contributed by atoms with Crippen LogP contribution in [-0.4, -0.2) is 80.3 Å². The van der Waals surface area contributed by atoms with Gasteiger partial charge in [0.05, 0.1) is 41.1 Å². The molecule has 338 valence electrons. The summed E-state index contributed by atoms with van der Waals surface area (Å²) in [5, 5.41) is 21.0. The minimum Gasteiger partial charge on any atom is -0.458 e. The topological polar surface area (TPSA) is 234 Å². The van der Waals surface area contributed by atoms with Gasteiger partial charge >= 0.3 is 18.2 Å². The van der Waals surface area contributed by atoms with Crippen LogP contribution in [0, 0.1) is 6.92 Å². The third kappa shape index (κ3) is 8.41. The average molecular weight is 878 g/mol. The number of benzene rings is 2. The standard InChI is InChI=1S/C47H55N7O10/c1-6-47(61)31-21-36-39-29(22-54(36)42(57)30(31)24-62-43(47)58)38-34(17-15-28-25(2)10-16-33(51-39)37(28)38)52-41(56)35-18-20-53(35)45(60)63-23-26-11-13-27(14-12-26)50-40(55)32(48)9-7-8-19-49-44(59)64-46(3,4)5/h10-14,16,21,32,34-35,61H,6-9,15,17-20,22-24,48H2,1-5H3,(H,49,59)(H,50,55)(H,52,56)/t32-,34+,35+,47+/m0/s1. The van der Waals surface area contributed by atoms with Crippen LogP contribution in [0.4, 0.5) is 15.3 Å². The number of ether oxygens (including phenoxy) is 3. The van der Waals surface area contributed by atoms with Crippen molar-refractivity contribution in [1.82, 2.24) is 25.1 Å². The SMILES string of the molecule is CC[C@]1(O)C(=O)OCc2c1cc1n(c2=O)Cc2c-1nc1ccc(C)c3c1c2[C@H](NC(=O)[C@H]1CCN1C(=O)OCc1ccc(NC(=O)[C@@H](N)CCCCNC(=O)OC(C)(C)C)cc1)CC3. The van der Waals surface area contributed by atoms with Gasteiger partial charge in [-0.25, -0.2) is 19.4 Å². The summed E-state index contributed by atoms with van der Waals surface area (Å²) in [7, 11) is 0. The van der Waals surface area contributed by atoms with E-state index in [0.29, 0.717) is 79.8 Å². The molecule has 17 nitrogen and oxygen atoms in total. The number of fused-ring (bicyclic) bond motifs is 5. The maximum absolute atomic E-state index is 14.0. The number of unbranched alkanes of at least 4 members (excludes halogenated alkanes) is 1. The number of nitrogens with one attached hydrogen (secondary N) is 3. The van der Waals surface area contributed by atoms with Gasteiger partial charge in [-0.05, 0) is 119 Å². The third-order valence-electron chi connectivity index (χ3n) is 12.7. The fourth-order valence-corrected chi connectivity index (χ4v) is 9.09. The first-order chi connectivity index (χ1) is 30.5. The number of carbonyl (C=O) groups excluding carboxylic acids is 5. The van der Waals surface area contributed by atoms with Crippen LogP contribution in [0.25, 0.3) is 22.3 Å². The Balaban J connectivity index is 0.888. The highest BCUT2D eigenvalue weighted by atomic mass is 16.6. The molecule has 1 aliphatic carbocycles. The highest BCUT2D eigenvalue weighted by Gasteiger charge is 2.46. The molecular formula is C47H55N7O10. The number of rotatable bonds is 12. The predicted octanol–water partition coefficient (Wildman–Crippen LogP) is 4.86. The zero-order valence-electron chi connectivity index (χ0n) is 36.8. The Morgan fingerprint density at radius 1 is 1.05 bits per heavy atom. The maximum Gasteiger partial charge on any atom is 0.410 e. The Bertz CT molecular complexity index is 2620. The number of aryl methyl sites for hydroxylation is 2. The number of likely N-dealkylation sites (tertiary alicyclic amines) is 1. The van der Waals surface area contributed by atoms with Gasteiger partial charge in [0.25, 0.3) is 5.56 Å². The minimum absolute atomic E-state index is 0.0281. The number of carbonyl (C=O) groups is 5. The van der Waals surface area contributed by atoms with Crippen LogP contribution in [0.5, 0.6) is 0 Å². The zero-order chi connectivity index (χ0) is 45.7. The Kier molecular flexibility index (Phi) is 12.0. The second kappa shape index (κ2) is 17.3. The van der Waals surface area contributed by atoms with Gasteiger partial charge < -0.3 is 45.6 Å². The smallest absolute Gasteiger partial charge is 0.410 e. The highest BCUT2D eigenvalue weighted by molar-refractivity contribution is 5.95. The summed E-state index contributed by atoms with van der Waals surface area (Å²) in [4.78, 5) is 85.0. The molecule has 4 aliphatic rings. The van der Waals surface area contributed by atoms with Crippen molar-refractivity contribution in [3.63, 3.8) is 0 Å². The van der Waals surface area contributed by atoms with Crippen LogP contribution < -0.4 is 27.2 Å². The summed E-state index contributed by atoms with van der Waals surface area (Å²) < 4.78 is 17.7. The number of aromatic nitrogens is 2. The Labute approximate surface area is 370 Å². The summed E-state index contributed by atoms with van der Waals surface area (Å²) in [6.07, 6.45) is 2.35. The number of alkyl carbamates (subject to hydrolysis) is 1. The van der Waals surface area contributed by atoms with Gasteiger partial charge in [0.15, 0.2) is 5.60 Å². The quantitative estimate of drug-likeness (QED) is 0.0643. The normalized spacial score (nSPS) is 19.9. The molecule has 8 rings (SSSR count). The summed E-state index contributed by atoms with van der Waals surface area (Å²) in [5.74, 6) is -1.45. The van der Waals surface area contributed by atoms with E-state index in [1.54, 1.807) is 62.6 Å². The first-order valence-electron chi connectivity index (χ1n) is 22.0. The number of pyridine rings is 2. The third-order valence-corrected chi connectivity index (χ3v) is 12.7. The number of aliphatic hydroxyl groups is 1. The molecule has 0 saturated carbocycles. The number of hydrogen-bond acceptors (Lipinski definition) is 12. The Morgan fingerprint density at radius 3 is 2.52 bits per heavy atom. The van der Waals surface area contributed by atoms with Crippen molar-refractivity contribution in [1.29, 1.82) is 0 Å². The van der Waals surface area contributed by atoms with E-state index < -0.39 is 47.5 Å². The molecule has 0 spiro atoms. The maximum atomic E-state index is 14.0. The van der Waals surface area contributed by atoms with E-state index in [-0.39, 0.29) is 54.7 Å². The number of nitrogens with zero attached hydrogens (tertiary/aromatic N) is 3. The number of nitrogens with two attached hydrogens (primary N) is 1. The van der Waals surface area contributed by atoms with E-state index in [9.17, 15) is 33.9 Å². The van der Waals surface area contributed by atoms with Crippen molar-refractivity contribution in [3.05, 3.63) is 91.8 Å². The summed E-state index contributed by atoms with van der Waals surface area (Å²) >= 11 is 0. The van der Waals surface area contributed by atoms with Crippen LogP contribution >= 0.6 is 0 Å². The number of cyclic esters (lactones) is 1. The highest BCUT2D eigenvalue weighted by Crippen LogP contribution is 2.45. The van der Waals surface area contributed by atoms with Gasteiger partial charge in [-0.3, -0.25) is 19.3 Å². The fraction of sp³-hybridized carbons (Fsp3) is 0.468. The summed E-state index contributed by atoms with van der Waals surface area (Å²) in [6.45, 7) is 9.74. The number of hydrogen-bond donors (Lipinski definition) is 5. The molecule has 3 aliphatic heterocycles.